The van der Waals surface area contributed by atoms with Gasteiger partial charge in [0.05, 0.1) is 11.7 Å². The molecule has 0 fully saturated rings. The van der Waals surface area contributed by atoms with E-state index in [-0.39, 0.29) is 0 Å². The van der Waals surface area contributed by atoms with E-state index in [1.165, 1.54) is 0 Å². The molecule has 0 aliphatic heterocycles. The number of carboxylic acid groups (broad SMARTS) is 1. The molecule has 0 amide bonds. The lowest BCUT2D eigenvalue weighted by molar-refractivity contribution is -0.301. The highest BCUT2D eigenvalue weighted by molar-refractivity contribution is 7.86. The number of rotatable bonds is 2. The van der Waals surface area contributed by atoms with Crippen LogP contribution in [0.1, 0.15) is 0 Å². The Hall–Kier alpha value is -0.620. The largest absolute Gasteiger partial charge is 0.748 e. The quantitative estimate of drug-likeness (QED) is 0.386. The van der Waals surface area contributed by atoms with E-state index in [1.807, 2.05) is 0 Å². The maximum atomic E-state index is 9.47. The van der Waals surface area contributed by atoms with E-state index in [9.17, 15) is 22.9 Å². The normalized spacial score (nSPS) is 11.1. The molecule has 0 N–H and O–H groups in total. The molecule has 0 saturated carbocycles. The first-order valence-corrected chi connectivity index (χ1v) is 3.13. The Morgan fingerprint density at radius 2 is 1.88 bits per heavy atom. The van der Waals surface area contributed by atoms with Gasteiger partial charge >= 0.3 is 0 Å². The highest BCUT2D eigenvalue weighted by Gasteiger charge is 1.91. The summed E-state index contributed by atoms with van der Waals surface area (Å²) in [7, 11) is -4.64. The van der Waals surface area contributed by atoms with Crippen molar-refractivity contribution >= 4 is 16.1 Å². The van der Waals surface area contributed by atoms with Crippen LogP contribution in [0.25, 0.3) is 0 Å². The van der Waals surface area contributed by atoms with Gasteiger partial charge in [-0.05, 0) is 0 Å². The van der Waals surface area contributed by atoms with Crippen LogP contribution in [0.3, 0.4) is 0 Å². The molecule has 0 aliphatic rings. The van der Waals surface area contributed by atoms with Gasteiger partial charge in [0.15, 0.2) is 0 Å². The number of carbonyl (C=O) groups is 1. The number of hydrogen-bond donors (Lipinski definition) is 0. The average molecular weight is 138 g/mol. The van der Waals surface area contributed by atoms with Gasteiger partial charge in [-0.1, -0.05) is 0 Å². The molecule has 0 aliphatic carbocycles. The Morgan fingerprint density at radius 1 is 1.50 bits per heavy atom. The van der Waals surface area contributed by atoms with Crippen molar-refractivity contribution in [3.05, 3.63) is 0 Å². The zero-order valence-corrected chi connectivity index (χ0v) is 4.47. The van der Waals surface area contributed by atoms with Gasteiger partial charge < -0.3 is 14.5 Å². The minimum absolute atomic E-state index is 1.45. The van der Waals surface area contributed by atoms with Gasteiger partial charge in [-0.15, -0.1) is 0 Å². The number of carbonyl (C=O) groups excluding carboxylic acids is 1. The predicted octanol–water partition coefficient (Wildman–Crippen LogP) is -2.72. The molecule has 0 spiro atoms. The van der Waals surface area contributed by atoms with Crippen LogP contribution in [0.4, 0.5) is 0 Å². The summed E-state index contributed by atoms with van der Waals surface area (Å²) in [6.45, 7) is 0. The van der Waals surface area contributed by atoms with Crippen LogP contribution in [0.5, 0.6) is 0 Å². The highest BCUT2D eigenvalue weighted by Crippen LogP contribution is 1.75. The highest BCUT2D eigenvalue weighted by atomic mass is 32.2. The Labute approximate surface area is 45.7 Å². The smallest absolute Gasteiger partial charge is 0.100 e. The van der Waals surface area contributed by atoms with Crippen LogP contribution in [-0.2, 0) is 14.9 Å². The summed E-state index contributed by atoms with van der Waals surface area (Å²) in [5, 5.41) is 9.32. The second-order valence-electron chi connectivity index (χ2n) is 1.07. The lowest BCUT2D eigenvalue weighted by atomic mass is 10.8. The predicted molar refractivity (Wildman–Crippen MR) is 19.6 cm³/mol. The van der Waals surface area contributed by atoms with Gasteiger partial charge in [-0.3, -0.25) is 0 Å². The molecule has 0 bridgehead atoms. The van der Waals surface area contributed by atoms with Gasteiger partial charge in [0.2, 0.25) is 0 Å². The molecule has 0 aromatic rings. The number of hydrogen-bond acceptors (Lipinski definition) is 5. The van der Waals surface area contributed by atoms with Gasteiger partial charge in [0, 0.05) is 0 Å². The summed E-state index contributed by atoms with van der Waals surface area (Å²) in [5.41, 5.74) is 0. The second-order valence-corrected chi connectivity index (χ2v) is 2.48. The molecule has 5 nitrogen and oxygen atoms in total. The van der Waals surface area contributed by atoms with Crippen LogP contribution in [-0.4, -0.2) is 24.7 Å². The molecule has 0 saturated heterocycles. The first-order chi connectivity index (χ1) is 3.42. The van der Waals surface area contributed by atoms with Gasteiger partial charge in [-0.25, -0.2) is 8.42 Å². The summed E-state index contributed by atoms with van der Waals surface area (Å²) in [4.78, 5) is 9.32. The van der Waals surface area contributed by atoms with Gasteiger partial charge in [0.25, 0.3) is 0 Å². The van der Waals surface area contributed by atoms with Crippen molar-refractivity contribution in [1.29, 1.82) is 0 Å². The third-order valence-corrected chi connectivity index (χ3v) is 0.884. The van der Waals surface area contributed by atoms with Crippen molar-refractivity contribution in [2.75, 3.05) is 5.75 Å². The van der Waals surface area contributed by atoms with Crippen LogP contribution < -0.4 is 5.11 Å². The Kier molecular flexibility index (Phi) is 1.94. The van der Waals surface area contributed by atoms with Crippen molar-refractivity contribution in [2.45, 2.75) is 0 Å². The summed E-state index contributed by atoms with van der Waals surface area (Å²) < 4.78 is 28.4. The molecule has 0 aromatic heterocycles. The molecule has 0 unspecified atom stereocenters. The van der Waals surface area contributed by atoms with Crippen molar-refractivity contribution in [1.82, 2.24) is 0 Å². The zero-order valence-electron chi connectivity index (χ0n) is 3.66. The fraction of sp³-hybridized carbons (Fsp3) is 0.500. The maximum absolute atomic E-state index is 9.47. The van der Waals surface area contributed by atoms with Gasteiger partial charge in [-0.2, -0.15) is 0 Å². The SMILES string of the molecule is O=C([O-])CS(=O)(=O)[O-]. The molecular formula is C2H2O5S-2. The maximum Gasteiger partial charge on any atom is 0.100 e. The Balaban J connectivity index is 3.95. The fourth-order valence-electron chi connectivity index (χ4n) is 0.144. The molecule has 48 valence electrons. The minimum Gasteiger partial charge on any atom is -0.748 e. The van der Waals surface area contributed by atoms with E-state index in [1.54, 1.807) is 0 Å². The third kappa shape index (κ3) is 5.38. The first-order valence-electron chi connectivity index (χ1n) is 1.55. The van der Waals surface area contributed by atoms with Gasteiger partial charge in [0.1, 0.15) is 10.1 Å². The van der Waals surface area contributed by atoms with Crippen molar-refractivity contribution < 1.29 is 22.9 Å². The van der Waals surface area contributed by atoms with E-state index in [0.717, 1.165) is 0 Å². The van der Waals surface area contributed by atoms with E-state index < -0.39 is 21.8 Å². The molecule has 0 aromatic carbocycles. The van der Waals surface area contributed by atoms with E-state index in [4.69, 9.17) is 0 Å². The van der Waals surface area contributed by atoms with Crippen molar-refractivity contribution in [3.63, 3.8) is 0 Å². The zero-order chi connectivity index (χ0) is 6.78. The first kappa shape index (κ1) is 7.38. The van der Waals surface area contributed by atoms with E-state index in [0.29, 0.717) is 0 Å². The molecule has 0 rings (SSSR count). The molecule has 8 heavy (non-hydrogen) atoms. The summed E-state index contributed by atoms with van der Waals surface area (Å²) >= 11 is 0. The van der Waals surface area contributed by atoms with Crippen molar-refractivity contribution in [3.8, 4) is 0 Å². The molecule has 6 heteroatoms. The lowest BCUT2D eigenvalue weighted by Crippen LogP contribution is -2.30. The van der Waals surface area contributed by atoms with E-state index >= 15 is 0 Å². The van der Waals surface area contributed by atoms with Crippen LogP contribution >= 0.6 is 0 Å². The number of carboxylic acids is 1. The standard InChI is InChI=1S/C2H4O5S/c3-2(4)1-8(5,6)7/h1H2,(H,3,4)(H,5,6,7)/p-2. The fourth-order valence-corrected chi connectivity index (χ4v) is 0.433. The summed E-state index contributed by atoms with van der Waals surface area (Å²) in [6, 6.07) is 0. The Bertz CT molecular complexity index is 177. The minimum atomic E-state index is -4.64. The average Bonchev–Trinajstić information content (AvgIpc) is 1.21. The lowest BCUT2D eigenvalue weighted by Gasteiger charge is -2.04. The van der Waals surface area contributed by atoms with Crippen LogP contribution in [0, 0.1) is 0 Å². The van der Waals surface area contributed by atoms with Crippen molar-refractivity contribution in [2.24, 2.45) is 0 Å². The summed E-state index contributed by atoms with van der Waals surface area (Å²) in [5.74, 6) is -3.33. The molecular weight excluding hydrogens is 136 g/mol. The molecule has 0 radical (unpaired) electrons. The number of aliphatic carboxylic acids is 1. The van der Waals surface area contributed by atoms with Crippen LogP contribution in [0.15, 0.2) is 0 Å². The second kappa shape index (κ2) is 2.10. The molecule has 0 atom stereocenters. The monoisotopic (exact) mass is 138 g/mol. The van der Waals surface area contributed by atoms with Crippen LogP contribution in [0.2, 0.25) is 0 Å². The molecule has 0 heterocycles. The summed E-state index contributed by atoms with van der Waals surface area (Å²) in [6.07, 6.45) is 0. The topological polar surface area (TPSA) is 97.3 Å². The Morgan fingerprint density at radius 3 is 1.88 bits per heavy atom. The van der Waals surface area contributed by atoms with E-state index in [2.05, 4.69) is 0 Å². The third-order valence-electron chi connectivity index (χ3n) is 0.295.